The summed E-state index contributed by atoms with van der Waals surface area (Å²) < 4.78 is 28.7. The molecule has 4 aromatic rings. The zero-order valence-corrected chi connectivity index (χ0v) is 21.5. The smallest absolute Gasteiger partial charge is 0.366 e. The molecule has 5 rings (SSSR count). The van der Waals surface area contributed by atoms with Crippen molar-refractivity contribution in [1.82, 2.24) is 0 Å². The molecule has 5 nitrogen and oxygen atoms in total. The quantitative estimate of drug-likeness (QED) is 0.229. The van der Waals surface area contributed by atoms with Crippen molar-refractivity contribution >= 4 is 17.6 Å². The number of nitrogens with zero attached hydrogens (tertiary/aromatic N) is 1. The van der Waals surface area contributed by atoms with Gasteiger partial charge in [-0.2, -0.15) is 0 Å². The van der Waals surface area contributed by atoms with Gasteiger partial charge in [-0.3, -0.25) is 0 Å². The summed E-state index contributed by atoms with van der Waals surface area (Å²) >= 11 is 0. The second-order valence-electron chi connectivity index (χ2n) is 9.81. The van der Waals surface area contributed by atoms with Crippen LogP contribution in [0.3, 0.4) is 0 Å². The average Bonchev–Trinajstić information content (AvgIpc) is 2.94. The number of halogens is 2. The molecule has 198 valence electrons. The SMILES string of the molecule is Cc1ccc(C[NH+]=C(O)c2ccc3c(c2)CCCN3Cc2cc(-c3ccccc3C(=O)O)ccc2F)cc1F. The Morgan fingerprint density at radius 1 is 0.949 bits per heavy atom. The van der Waals surface area contributed by atoms with E-state index in [1.54, 1.807) is 49.4 Å². The molecule has 4 aromatic carbocycles. The highest BCUT2D eigenvalue weighted by Gasteiger charge is 2.21. The van der Waals surface area contributed by atoms with Gasteiger partial charge < -0.3 is 15.1 Å². The van der Waals surface area contributed by atoms with Crippen LogP contribution in [0, 0.1) is 18.6 Å². The van der Waals surface area contributed by atoms with Gasteiger partial charge in [-0.05, 0) is 84.5 Å². The zero-order chi connectivity index (χ0) is 27.5. The Labute approximate surface area is 225 Å². The van der Waals surface area contributed by atoms with Crippen LogP contribution in [0.2, 0.25) is 0 Å². The van der Waals surface area contributed by atoms with Gasteiger partial charge in [0, 0.05) is 29.9 Å². The number of anilines is 1. The minimum absolute atomic E-state index is 0.00625. The summed E-state index contributed by atoms with van der Waals surface area (Å²) in [6.07, 6.45) is 1.70. The Kier molecular flexibility index (Phi) is 7.41. The van der Waals surface area contributed by atoms with E-state index in [2.05, 4.69) is 9.89 Å². The molecular formula is C32H29F2N2O3+. The van der Waals surface area contributed by atoms with E-state index in [0.29, 0.717) is 34.4 Å². The van der Waals surface area contributed by atoms with Gasteiger partial charge in [-0.15, -0.1) is 0 Å². The molecule has 0 aliphatic carbocycles. The lowest BCUT2D eigenvalue weighted by Crippen LogP contribution is -2.71. The molecule has 0 radical (unpaired) electrons. The molecule has 1 heterocycles. The summed E-state index contributed by atoms with van der Waals surface area (Å²) in [6.45, 7) is 3.06. The van der Waals surface area contributed by atoms with Gasteiger partial charge in [0.05, 0.1) is 11.1 Å². The van der Waals surface area contributed by atoms with E-state index in [1.165, 1.54) is 12.1 Å². The molecule has 0 fully saturated rings. The van der Waals surface area contributed by atoms with Gasteiger partial charge in [0.25, 0.3) is 0 Å². The van der Waals surface area contributed by atoms with Crippen molar-refractivity contribution in [3.8, 4) is 11.1 Å². The lowest BCUT2D eigenvalue weighted by molar-refractivity contribution is -0.483. The van der Waals surface area contributed by atoms with Gasteiger partial charge >= 0.3 is 11.9 Å². The second kappa shape index (κ2) is 11.1. The average molecular weight is 528 g/mol. The van der Waals surface area contributed by atoms with Crippen LogP contribution in [0.25, 0.3) is 11.1 Å². The number of carbonyl (C=O) groups is 1. The normalized spacial score (nSPS) is 13.3. The molecule has 39 heavy (non-hydrogen) atoms. The van der Waals surface area contributed by atoms with E-state index in [1.807, 2.05) is 24.3 Å². The monoisotopic (exact) mass is 527 g/mol. The number of benzene rings is 4. The van der Waals surface area contributed by atoms with Gasteiger partial charge in [0.2, 0.25) is 0 Å². The summed E-state index contributed by atoms with van der Waals surface area (Å²) in [6, 6.07) is 22.1. The van der Waals surface area contributed by atoms with Crippen molar-refractivity contribution in [2.75, 3.05) is 11.4 Å². The van der Waals surface area contributed by atoms with Crippen molar-refractivity contribution in [3.63, 3.8) is 0 Å². The first kappa shape index (κ1) is 26.1. The minimum Gasteiger partial charge on any atom is -0.478 e. The summed E-state index contributed by atoms with van der Waals surface area (Å²) in [5.74, 6) is -1.65. The van der Waals surface area contributed by atoms with E-state index in [-0.39, 0.29) is 29.6 Å². The highest BCUT2D eigenvalue weighted by molar-refractivity contribution is 5.96. The van der Waals surface area contributed by atoms with Crippen molar-refractivity contribution in [2.24, 2.45) is 0 Å². The Balaban J connectivity index is 1.37. The number of carboxylic acid groups (broad SMARTS) is 1. The summed E-state index contributed by atoms with van der Waals surface area (Å²) in [7, 11) is 0. The number of hydrogen-bond donors (Lipinski definition) is 3. The van der Waals surface area contributed by atoms with E-state index >= 15 is 0 Å². The maximum atomic E-state index is 14.9. The van der Waals surface area contributed by atoms with E-state index < -0.39 is 5.97 Å². The summed E-state index contributed by atoms with van der Waals surface area (Å²) in [4.78, 5) is 16.8. The van der Waals surface area contributed by atoms with Crippen molar-refractivity contribution in [1.29, 1.82) is 0 Å². The molecule has 1 aliphatic heterocycles. The molecule has 0 aromatic heterocycles. The van der Waals surface area contributed by atoms with Gasteiger partial charge in [0.1, 0.15) is 11.6 Å². The molecule has 3 N–H and O–H groups in total. The lowest BCUT2D eigenvalue weighted by Gasteiger charge is -2.31. The standard InChI is InChI=1S/C32H28F2N2O3/c1-20-8-9-21(15-29(20)34)18-35-31(37)24-11-13-30-23(17-24)5-4-14-36(30)19-25-16-22(10-12-28(25)33)26-6-2-3-7-27(26)32(38)39/h2-3,6-13,15-17H,4-5,14,18-19H2,1H3,(H,35,37)(H,38,39)/p+1. The Hall–Kier alpha value is -4.52. The van der Waals surface area contributed by atoms with E-state index in [9.17, 15) is 23.8 Å². The third-order valence-electron chi connectivity index (χ3n) is 7.14. The zero-order valence-electron chi connectivity index (χ0n) is 21.5. The van der Waals surface area contributed by atoms with Gasteiger partial charge in [0.15, 0.2) is 6.54 Å². The highest BCUT2D eigenvalue weighted by Crippen LogP contribution is 2.31. The number of aromatic carboxylic acids is 1. The van der Waals surface area contributed by atoms with Crippen molar-refractivity contribution in [2.45, 2.75) is 32.9 Å². The topological polar surface area (TPSA) is 74.7 Å². The minimum atomic E-state index is -1.03. The number of carboxylic acids is 1. The Morgan fingerprint density at radius 3 is 2.56 bits per heavy atom. The molecule has 0 spiro atoms. The maximum Gasteiger partial charge on any atom is 0.366 e. The molecule has 0 saturated carbocycles. The predicted molar refractivity (Wildman–Crippen MR) is 147 cm³/mol. The van der Waals surface area contributed by atoms with Crippen LogP contribution in [0.5, 0.6) is 0 Å². The van der Waals surface area contributed by atoms with Crippen LogP contribution in [0.4, 0.5) is 14.5 Å². The molecular weight excluding hydrogens is 498 g/mol. The fourth-order valence-corrected chi connectivity index (χ4v) is 5.01. The van der Waals surface area contributed by atoms with Crippen LogP contribution in [0.1, 0.15) is 44.6 Å². The third-order valence-corrected chi connectivity index (χ3v) is 7.14. The number of aliphatic hydroxyl groups excluding tert-OH is 1. The van der Waals surface area contributed by atoms with Crippen molar-refractivity contribution < 1.29 is 28.8 Å². The maximum absolute atomic E-state index is 14.9. The van der Waals surface area contributed by atoms with Crippen LogP contribution in [-0.2, 0) is 19.5 Å². The van der Waals surface area contributed by atoms with Crippen LogP contribution in [-0.4, -0.2) is 28.6 Å². The van der Waals surface area contributed by atoms with Gasteiger partial charge in [-0.1, -0.05) is 36.4 Å². The molecule has 1 aliphatic rings. The molecule has 0 bridgehead atoms. The lowest BCUT2D eigenvalue weighted by atomic mass is 9.96. The Morgan fingerprint density at radius 2 is 1.77 bits per heavy atom. The molecule has 0 saturated heterocycles. The second-order valence-corrected chi connectivity index (χ2v) is 9.81. The Bertz CT molecular complexity index is 1580. The fourth-order valence-electron chi connectivity index (χ4n) is 5.01. The molecule has 7 heteroatoms. The van der Waals surface area contributed by atoms with E-state index in [4.69, 9.17) is 0 Å². The first-order valence-corrected chi connectivity index (χ1v) is 12.8. The molecule has 0 atom stereocenters. The molecule has 0 amide bonds. The molecule has 0 unspecified atom stereocenters. The largest absolute Gasteiger partial charge is 0.478 e. The van der Waals surface area contributed by atoms with Crippen LogP contribution in [0.15, 0.2) is 78.9 Å². The summed E-state index contributed by atoms with van der Waals surface area (Å²) in [5, 5.41) is 20.2. The highest BCUT2D eigenvalue weighted by atomic mass is 19.1. The fraction of sp³-hybridized carbons (Fsp3) is 0.188. The third kappa shape index (κ3) is 5.67. The predicted octanol–water partition coefficient (Wildman–Crippen LogP) is 5.18. The number of aliphatic hydroxyl groups is 1. The number of rotatable bonds is 7. The van der Waals surface area contributed by atoms with Crippen LogP contribution < -0.4 is 9.89 Å². The number of fused-ring (bicyclic) bond motifs is 1. The van der Waals surface area contributed by atoms with E-state index in [0.717, 1.165) is 36.2 Å². The van der Waals surface area contributed by atoms with Crippen LogP contribution >= 0.6 is 0 Å². The number of aryl methyl sites for hydroxylation is 2. The summed E-state index contributed by atoms with van der Waals surface area (Å²) in [5.41, 5.74) is 5.77. The first-order valence-electron chi connectivity index (χ1n) is 12.8. The number of nitrogens with one attached hydrogen (secondary N) is 1. The first-order chi connectivity index (χ1) is 18.8. The van der Waals surface area contributed by atoms with Gasteiger partial charge in [-0.25, -0.2) is 18.6 Å². The number of hydrogen-bond acceptors (Lipinski definition) is 2. The van der Waals surface area contributed by atoms with Crippen molar-refractivity contribution in [3.05, 3.63) is 124 Å².